The summed E-state index contributed by atoms with van der Waals surface area (Å²) in [6.45, 7) is 3.44. The molecule has 4 rings (SSSR count). The van der Waals surface area contributed by atoms with Crippen LogP contribution in [-0.4, -0.2) is 85.5 Å². The molecule has 0 fully saturated rings. The van der Waals surface area contributed by atoms with Gasteiger partial charge >= 0.3 is 0 Å². The van der Waals surface area contributed by atoms with Crippen molar-refractivity contribution < 1.29 is 31.5 Å². The van der Waals surface area contributed by atoms with Gasteiger partial charge in [-0.1, -0.05) is 18.5 Å². The van der Waals surface area contributed by atoms with E-state index in [0.29, 0.717) is 16.3 Å². The Bertz CT molecular complexity index is 1650. The summed E-state index contributed by atoms with van der Waals surface area (Å²) in [7, 11) is -4.79. The van der Waals surface area contributed by atoms with Gasteiger partial charge in [0.25, 0.3) is 10.0 Å². The first-order valence-corrected chi connectivity index (χ1v) is 16.4. The number of aryl methyl sites for hydroxylation is 1. The maximum Gasteiger partial charge on any atom is 0.280 e. The van der Waals surface area contributed by atoms with Crippen molar-refractivity contribution in [2.75, 3.05) is 31.5 Å². The van der Waals surface area contributed by atoms with Crippen LogP contribution < -0.4 is 9.46 Å². The number of halogens is 1. The van der Waals surface area contributed by atoms with E-state index in [0.717, 1.165) is 0 Å². The summed E-state index contributed by atoms with van der Waals surface area (Å²) in [5.74, 6) is -0.323. The number of aromatic nitrogens is 2. The lowest BCUT2D eigenvalue weighted by Crippen LogP contribution is -2.48. The van der Waals surface area contributed by atoms with Crippen molar-refractivity contribution in [3.63, 3.8) is 0 Å². The number of sulfonamides is 2. The molecule has 2 aromatic carbocycles. The van der Waals surface area contributed by atoms with Gasteiger partial charge in [-0.3, -0.25) is 9.52 Å². The molecule has 42 heavy (non-hydrogen) atoms. The molecule has 3 atom stereocenters. The van der Waals surface area contributed by atoms with E-state index >= 15 is 0 Å². The van der Waals surface area contributed by atoms with Crippen molar-refractivity contribution in [1.29, 1.82) is 0 Å². The van der Waals surface area contributed by atoms with E-state index in [1.165, 1.54) is 69.7 Å². The van der Waals surface area contributed by atoms with Gasteiger partial charge in [-0.05, 0) is 49.4 Å². The van der Waals surface area contributed by atoms with Crippen LogP contribution in [0.5, 0.6) is 5.75 Å². The molecule has 2 heterocycles. The molecule has 0 spiro atoms. The summed E-state index contributed by atoms with van der Waals surface area (Å²) < 4.78 is 63.9. The largest absolute Gasteiger partial charge is 0.488 e. The lowest BCUT2D eigenvalue weighted by Gasteiger charge is -2.33. The van der Waals surface area contributed by atoms with Crippen molar-refractivity contribution >= 4 is 43.2 Å². The normalized spacial score (nSPS) is 18.9. The molecule has 0 unspecified atom stereocenters. The summed E-state index contributed by atoms with van der Waals surface area (Å²) in [6.07, 6.45) is 1.90. The first kappa shape index (κ1) is 31.8. The maximum absolute atomic E-state index is 13.4. The number of carbonyl (C=O) groups is 1. The van der Waals surface area contributed by atoms with Gasteiger partial charge in [0.15, 0.2) is 5.03 Å². The SMILES string of the molecule is C[C@H](CO)N1C[C@H](C)[C@H](CN(C)S(=O)(=O)c2ccc(Cl)cc2)Oc2ccc(NS(=O)(=O)c3cn(C)cn3)cc2CC1=O. The van der Waals surface area contributed by atoms with Crippen molar-refractivity contribution in [2.24, 2.45) is 13.0 Å². The third-order valence-corrected chi connectivity index (χ3v) is 10.4. The number of nitrogens with zero attached hydrogens (tertiary/aromatic N) is 4. The highest BCUT2D eigenvalue weighted by atomic mass is 35.5. The Hall–Kier alpha value is -3.17. The summed E-state index contributed by atoms with van der Waals surface area (Å²) in [5, 5.41) is 10.1. The summed E-state index contributed by atoms with van der Waals surface area (Å²) >= 11 is 5.93. The summed E-state index contributed by atoms with van der Waals surface area (Å²) in [4.78, 5) is 18.9. The summed E-state index contributed by atoms with van der Waals surface area (Å²) in [6, 6.07) is 9.90. The number of rotatable bonds is 9. The second kappa shape index (κ2) is 12.6. The Morgan fingerprint density at radius 1 is 1.19 bits per heavy atom. The van der Waals surface area contributed by atoms with Crippen LogP contribution in [0.25, 0.3) is 0 Å². The van der Waals surface area contributed by atoms with E-state index in [1.54, 1.807) is 20.0 Å². The van der Waals surface area contributed by atoms with Crippen LogP contribution in [0.15, 0.2) is 64.9 Å². The molecule has 0 bridgehead atoms. The zero-order valence-corrected chi connectivity index (χ0v) is 26.0. The Kier molecular flexibility index (Phi) is 9.52. The molecule has 0 radical (unpaired) electrons. The maximum atomic E-state index is 13.4. The fraction of sp³-hybridized carbons (Fsp3) is 0.407. The van der Waals surface area contributed by atoms with E-state index in [-0.39, 0.29) is 53.6 Å². The van der Waals surface area contributed by atoms with Crippen LogP contribution in [-0.2, 0) is 38.3 Å². The molecule has 15 heteroatoms. The molecule has 1 aromatic heterocycles. The molecule has 1 aliphatic rings. The second-order valence-corrected chi connectivity index (χ2v) is 14.5. The quantitative estimate of drug-likeness (QED) is 0.362. The Morgan fingerprint density at radius 2 is 1.88 bits per heavy atom. The third-order valence-electron chi connectivity index (χ3n) is 7.08. The number of carbonyl (C=O) groups excluding carboxylic acids is 1. The van der Waals surface area contributed by atoms with Crippen molar-refractivity contribution in [2.45, 2.75) is 42.3 Å². The highest BCUT2D eigenvalue weighted by molar-refractivity contribution is 7.92. The average Bonchev–Trinajstić information content (AvgIpc) is 3.40. The number of likely N-dealkylation sites (N-methyl/N-ethyl adjacent to an activating group) is 1. The van der Waals surface area contributed by atoms with Gasteiger partial charge in [-0.25, -0.2) is 13.4 Å². The third kappa shape index (κ3) is 7.06. The molecule has 0 saturated heterocycles. The first-order chi connectivity index (χ1) is 19.7. The van der Waals surface area contributed by atoms with Gasteiger partial charge in [0.05, 0.1) is 36.8 Å². The number of hydrogen-bond acceptors (Lipinski definition) is 8. The highest BCUT2D eigenvalue weighted by Crippen LogP contribution is 2.30. The van der Waals surface area contributed by atoms with Crippen LogP contribution in [0.3, 0.4) is 0 Å². The minimum Gasteiger partial charge on any atom is -0.488 e. The fourth-order valence-corrected chi connectivity index (χ4v) is 6.93. The standard InChI is InChI=1S/C27H34ClN5O7S2/c1-18-13-33(19(2)16-34)27(35)12-20-11-22(30-41(36,37)26-15-31(3)17-29-26)7-10-24(20)40-25(18)14-32(4)42(38,39)23-8-5-21(28)6-9-23/h5-11,15,17-19,25,30,34H,12-14,16H2,1-4H3/t18-,19+,25-/m0/s1. The lowest BCUT2D eigenvalue weighted by molar-refractivity contribution is -0.134. The number of imidazole rings is 1. The molecular formula is C27H34ClN5O7S2. The smallest absolute Gasteiger partial charge is 0.280 e. The van der Waals surface area contributed by atoms with E-state index in [2.05, 4.69) is 9.71 Å². The van der Waals surface area contributed by atoms with Gasteiger partial charge in [-0.15, -0.1) is 0 Å². The first-order valence-electron chi connectivity index (χ1n) is 13.1. The van der Waals surface area contributed by atoms with Crippen LogP contribution in [0.2, 0.25) is 5.02 Å². The number of nitrogens with one attached hydrogen (secondary N) is 1. The van der Waals surface area contributed by atoms with Crippen molar-refractivity contribution in [1.82, 2.24) is 18.8 Å². The number of ether oxygens (including phenoxy) is 1. The van der Waals surface area contributed by atoms with Crippen LogP contribution >= 0.6 is 11.6 Å². The predicted molar refractivity (Wildman–Crippen MR) is 157 cm³/mol. The molecule has 2 N–H and O–H groups in total. The molecule has 12 nitrogen and oxygen atoms in total. The number of aliphatic hydroxyl groups excluding tert-OH is 1. The molecule has 0 saturated carbocycles. The Morgan fingerprint density at radius 3 is 2.50 bits per heavy atom. The molecule has 0 aliphatic carbocycles. The predicted octanol–water partition coefficient (Wildman–Crippen LogP) is 2.34. The number of amides is 1. The van der Waals surface area contributed by atoms with E-state index in [1.807, 2.05) is 6.92 Å². The van der Waals surface area contributed by atoms with Gasteiger partial charge in [0.2, 0.25) is 15.9 Å². The minimum absolute atomic E-state index is 0.0465. The number of fused-ring (bicyclic) bond motifs is 1. The Labute approximate surface area is 251 Å². The fourth-order valence-electron chi connectivity index (χ4n) is 4.58. The number of anilines is 1. The average molecular weight is 640 g/mol. The molecule has 3 aromatic rings. The van der Waals surface area contributed by atoms with E-state index < -0.39 is 32.2 Å². The monoisotopic (exact) mass is 639 g/mol. The van der Waals surface area contributed by atoms with E-state index in [9.17, 15) is 26.7 Å². The minimum atomic E-state index is -4.00. The highest BCUT2D eigenvalue weighted by Gasteiger charge is 2.33. The van der Waals surface area contributed by atoms with Crippen molar-refractivity contribution in [3.05, 3.63) is 65.6 Å². The van der Waals surface area contributed by atoms with Gasteiger partial charge < -0.3 is 19.3 Å². The molecule has 228 valence electrons. The van der Waals surface area contributed by atoms with E-state index in [4.69, 9.17) is 16.3 Å². The van der Waals surface area contributed by atoms with Crippen LogP contribution in [0.1, 0.15) is 19.4 Å². The van der Waals surface area contributed by atoms with Gasteiger partial charge in [0, 0.05) is 49.0 Å². The number of benzene rings is 2. The number of hydrogen-bond donors (Lipinski definition) is 2. The zero-order valence-electron chi connectivity index (χ0n) is 23.6. The topological polar surface area (TPSA) is 151 Å². The van der Waals surface area contributed by atoms with Crippen LogP contribution in [0.4, 0.5) is 5.69 Å². The lowest BCUT2D eigenvalue weighted by atomic mass is 10.0. The molecule has 1 aliphatic heterocycles. The van der Waals surface area contributed by atoms with Gasteiger partial charge in [-0.2, -0.15) is 12.7 Å². The zero-order chi connectivity index (χ0) is 30.8. The second-order valence-electron chi connectivity index (χ2n) is 10.4. The Balaban J connectivity index is 1.68. The number of aliphatic hydroxyl groups is 1. The van der Waals surface area contributed by atoms with Crippen LogP contribution in [0, 0.1) is 5.92 Å². The molecular weight excluding hydrogens is 606 g/mol. The van der Waals surface area contributed by atoms with Gasteiger partial charge in [0.1, 0.15) is 11.9 Å². The summed E-state index contributed by atoms with van der Waals surface area (Å²) in [5.41, 5.74) is 0.600. The molecule has 1 amide bonds. The van der Waals surface area contributed by atoms with Crippen molar-refractivity contribution in [3.8, 4) is 5.75 Å².